The number of anilines is 1. The van der Waals surface area contributed by atoms with Crippen molar-refractivity contribution in [1.29, 1.82) is 0 Å². The maximum Gasteiger partial charge on any atom is 0.256 e. The van der Waals surface area contributed by atoms with Crippen LogP contribution >= 0.6 is 0 Å². The van der Waals surface area contributed by atoms with Crippen molar-refractivity contribution in [2.45, 2.75) is 0 Å². The highest BCUT2D eigenvalue weighted by atomic mass is 16.3. The topological polar surface area (TPSA) is 72.8 Å². The molecule has 0 aliphatic rings. The van der Waals surface area contributed by atoms with E-state index in [0.717, 1.165) is 5.69 Å². The van der Waals surface area contributed by atoms with Gasteiger partial charge in [0.1, 0.15) is 0 Å². The highest BCUT2D eigenvalue weighted by Gasteiger charge is 2.17. The Labute approximate surface area is 101 Å². The fourth-order valence-electron chi connectivity index (χ4n) is 1.61. The molecular formula is C12H18N2O3. The quantitative estimate of drug-likeness (QED) is 0.660. The van der Waals surface area contributed by atoms with Crippen LogP contribution in [-0.2, 0) is 0 Å². The van der Waals surface area contributed by atoms with Gasteiger partial charge in [-0.15, -0.1) is 0 Å². The molecule has 1 amide bonds. The Kier molecular flexibility index (Phi) is 5.45. The van der Waals surface area contributed by atoms with Crippen LogP contribution in [-0.4, -0.2) is 54.4 Å². The van der Waals surface area contributed by atoms with Crippen molar-refractivity contribution in [1.82, 2.24) is 4.90 Å². The summed E-state index contributed by atoms with van der Waals surface area (Å²) in [6.07, 6.45) is 0. The monoisotopic (exact) mass is 238 g/mol. The summed E-state index contributed by atoms with van der Waals surface area (Å²) in [4.78, 5) is 13.6. The first kappa shape index (κ1) is 13.5. The molecule has 0 atom stereocenters. The number of benzene rings is 1. The molecule has 94 valence electrons. The Hall–Kier alpha value is -1.59. The molecule has 5 nitrogen and oxygen atoms in total. The van der Waals surface area contributed by atoms with Crippen molar-refractivity contribution >= 4 is 11.6 Å². The Balaban J connectivity index is 2.92. The van der Waals surface area contributed by atoms with Gasteiger partial charge in [-0.3, -0.25) is 4.79 Å². The van der Waals surface area contributed by atoms with E-state index in [9.17, 15) is 4.79 Å². The predicted molar refractivity (Wildman–Crippen MR) is 66.1 cm³/mol. The third-order valence-corrected chi connectivity index (χ3v) is 2.45. The molecular weight excluding hydrogens is 220 g/mol. The van der Waals surface area contributed by atoms with Crippen LogP contribution in [0.1, 0.15) is 10.4 Å². The van der Waals surface area contributed by atoms with Crippen molar-refractivity contribution in [2.75, 3.05) is 38.7 Å². The predicted octanol–water partition coefficient (Wildman–Crippen LogP) is 0.155. The minimum absolute atomic E-state index is 0.118. The van der Waals surface area contributed by atoms with Gasteiger partial charge in [-0.1, -0.05) is 12.1 Å². The summed E-state index contributed by atoms with van der Waals surface area (Å²) in [7, 11) is 1.74. The van der Waals surface area contributed by atoms with Crippen molar-refractivity contribution in [3.8, 4) is 0 Å². The van der Waals surface area contributed by atoms with Gasteiger partial charge in [-0.25, -0.2) is 0 Å². The van der Waals surface area contributed by atoms with E-state index in [0.29, 0.717) is 5.56 Å². The molecule has 17 heavy (non-hydrogen) atoms. The lowest BCUT2D eigenvalue weighted by atomic mass is 10.1. The number of hydrogen-bond donors (Lipinski definition) is 3. The lowest BCUT2D eigenvalue weighted by Crippen LogP contribution is -2.36. The first-order valence-corrected chi connectivity index (χ1v) is 5.52. The highest BCUT2D eigenvalue weighted by molar-refractivity contribution is 5.99. The second-order valence-electron chi connectivity index (χ2n) is 3.53. The van der Waals surface area contributed by atoms with Gasteiger partial charge in [0.05, 0.1) is 18.8 Å². The van der Waals surface area contributed by atoms with Gasteiger partial charge in [0.2, 0.25) is 0 Å². The van der Waals surface area contributed by atoms with E-state index < -0.39 is 0 Å². The maximum absolute atomic E-state index is 12.2. The summed E-state index contributed by atoms with van der Waals surface area (Å²) in [6, 6.07) is 7.15. The van der Waals surface area contributed by atoms with E-state index in [1.54, 1.807) is 19.2 Å². The van der Waals surface area contributed by atoms with Crippen molar-refractivity contribution in [3.63, 3.8) is 0 Å². The van der Waals surface area contributed by atoms with Crippen LogP contribution in [0.15, 0.2) is 24.3 Å². The molecule has 1 rings (SSSR count). The van der Waals surface area contributed by atoms with Gasteiger partial charge >= 0.3 is 0 Å². The second kappa shape index (κ2) is 6.88. The normalized spacial score (nSPS) is 10.1. The molecule has 0 aliphatic carbocycles. The molecule has 3 N–H and O–H groups in total. The summed E-state index contributed by atoms with van der Waals surface area (Å²) in [6.45, 7) is 0.204. The average molecular weight is 238 g/mol. The van der Waals surface area contributed by atoms with Crippen molar-refractivity contribution in [3.05, 3.63) is 29.8 Å². The number of carbonyl (C=O) groups is 1. The lowest BCUT2D eigenvalue weighted by Gasteiger charge is -2.21. The molecule has 0 aromatic heterocycles. The number of aliphatic hydroxyl groups excluding tert-OH is 2. The molecule has 0 heterocycles. The summed E-state index contributed by atoms with van der Waals surface area (Å²) in [5, 5.41) is 20.7. The molecule has 0 spiro atoms. The van der Waals surface area contributed by atoms with E-state index in [-0.39, 0.29) is 32.2 Å². The molecule has 0 saturated heterocycles. The minimum Gasteiger partial charge on any atom is -0.395 e. The number of amides is 1. The Morgan fingerprint density at radius 2 is 1.82 bits per heavy atom. The Bertz CT molecular complexity index is 363. The van der Waals surface area contributed by atoms with Gasteiger partial charge in [-0.2, -0.15) is 0 Å². The number of hydrogen-bond acceptors (Lipinski definition) is 4. The summed E-state index contributed by atoms with van der Waals surface area (Å²) in [5.74, 6) is -0.196. The standard InChI is InChI=1S/C12H18N2O3/c1-13-11-5-3-2-4-10(11)12(17)14(6-8-15)7-9-16/h2-5,13,15-16H,6-9H2,1H3. The van der Waals surface area contributed by atoms with Crippen LogP contribution in [0.2, 0.25) is 0 Å². The summed E-state index contributed by atoms with van der Waals surface area (Å²) < 4.78 is 0. The largest absolute Gasteiger partial charge is 0.395 e. The number of aliphatic hydroxyl groups is 2. The molecule has 1 aromatic rings. The molecule has 0 radical (unpaired) electrons. The first-order chi connectivity index (χ1) is 8.24. The third-order valence-electron chi connectivity index (χ3n) is 2.45. The maximum atomic E-state index is 12.2. The first-order valence-electron chi connectivity index (χ1n) is 5.52. The van der Waals surface area contributed by atoms with Crippen LogP contribution in [0.3, 0.4) is 0 Å². The molecule has 1 aromatic carbocycles. The number of nitrogens with zero attached hydrogens (tertiary/aromatic N) is 1. The average Bonchev–Trinajstić information content (AvgIpc) is 2.37. The minimum atomic E-state index is -0.196. The van der Waals surface area contributed by atoms with Gasteiger partial charge in [0, 0.05) is 25.8 Å². The van der Waals surface area contributed by atoms with E-state index in [1.807, 2.05) is 12.1 Å². The van der Waals surface area contributed by atoms with Gasteiger partial charge in [-0.05, 0) is 12.1 Å². The zero-order valence-corrected chi connectivity index (χ0v) is 9.89. The molecule has 5 heteroatoms. The van der Waals surface area contributed by atoms with Crippen LogP contribution in [0, 0.1) is 0 Å². The summed E-state index contributed by atoms with van der Waals surface area (Å²) >= 11 is 0. The number of nitrogens with one attached hydrogen (secondary N) is 1. The molecule has 0 aliphatic heterocycles. The van der Waals surface area contributed by atoms with E-state index in [4.69, 9.17) is 10.2 Å². The van der Waals surface area contributed by atoms with E-state index >= 15 is 0 Å². The number of para-hydroxylation sites is 1. The van der Waals surface area contributed by atoms with E-state index in [1.165, 1.54) is 4.90 Å². The highest BCUT2D eigenvalue weighted by Crippen LogP contribution is 2.16. The fraction of sp³-hybridized carbons (Fsp3) is 0.417. The number of rotatable bonds is 6. The zero-order valence-electron chi connectivity index (χ0n) is 9.89. The zero-order chi connectivity index (χ0) is 12.7. The van der Waals surface area contributed by atoms with Gasteiger partial charge in [0.25, 0.3) is 5.91 Å². The van der Waals surface area contributed by atoms with Crippen LogP contribution in [0.5, 0.6) is 0 Å². The van der Waals surface area contributed by atoms with Crippen molar-refractivity contribution in [2.24, 2.45) is 0 Å². The number of carbonyl (C=O) groups excluding carboxylic acids is 1. The molecule has 0 fully saturated rings. The fourth-order valence-corrected chi connectivity index (χ4v) is 1.61. The van der Waals surface area contributed by atoms with E-state index in [2.05, 4.69) is 5.32 Å². The molecule has 0 saturated carbocycles. The second-order valence-corrected chi connectivity index (χ2v) is 3.53. The smallest absolute Gasteiger partial charge is 0.256 e. The SMILES string of the molecule is CNc1ccccc1C(=O)N(CCO)CCO. The van der Waals surface area contributed by atoms with Gasteiger partial charge < -0.3 is 20.4 Å². The molecule has 0 bridgehead atoms. The molecule has 0 unspecified atom stereocenters. The third kappa shape index (κ3) is 3.44. The summed E-state index contributed by atoms with van der Waals surface area (Å²) in [5.41, 5.74) is 1.27. The van der Waals surface area contributed by atoms with Crippen LogP contribution < -0.4 is 5.32 Å². The van der Waals surface area contributed by atoms with Crippen LogP contribution in [0.4, 0.5) is 5.69 Å². The van der Waals surface area contributed by atoms with Crippen LogP contribution in [0.25, 0.3) is 0 Å². The Morgan fingerprint density at radius 1 is 1.24 bits per heavy atom. The van der Waals surface area contributed by atoms with Gasteiger partial charge in [0.15, 0.2) is 0 Å². The lowest BCUT2D eigenvalue weighted by molar-refractivity contribution is 0.0686. The van der Waals surface area contributed by atoms with Crippen molar-refractivity contribution < 1.29 is 15.0 Å². The Morgan fingerprint density at radius 3 is 2.35 bits per heavy atom.